The molecule has 0 N–H and O–H groups in total. The zero-order chi connectivity index (χ0) is 74.9. The maximum Gasteiger partial charge on any atom is 0.0726 e. The van der Waals surface area contributed by atoms with Crippen molar-refractivity contribution in [1.82, 2.24) is 13.7 Å². The van der Waals surface area contributed by atoms with E-state index < -0.39 is 10.8 Å². The summed E-state index contributed by atoms with van der Waals surface area (Å²) in [4.78, 5) is 0. The fourth-order valence-corrected chi connectivity index (χ4v) is 22.1. The Kier molecular flexibility index (Phi) is 12.8. The first-order valence-corrected chi connectivity index (χ1v) is 40.2. The summed E-state index contributed by atoms with van der Waals surface area (Å²) in [6, 6.07) is 154. The number of aromatic nitrogens is 3. The SMILES string of the molecule is c1ccc(-c2c3ccccc3c(-c3ccc(-n4c5ccc(-c6ccc7c(c6)c6ccccc6n7-c6ccc7c(c6)C6(c8ccccc8-c8ccccc86)c6ccccc6-7)cc5c5cc(-c6ccc7c(c6)c6ccccc6n7-c6ccc7c(c6)C6(c8ccccc8-c8ccccc86)c6ccccc6-7)ccc54)cc3)c3ccccc23)cc1. The molecule has 26 rings (SSSR count). The van der Waals surface area contributed by atoms with Crippen molar-refractivity contribution in [2.75, 3.05) is 0 Å². The van der Waals surface area contributed by atoms with Gasteiger partial charge in [0.15, 0.2) is 0 Å². The summed E-state index contributed by atoms with van der Waals surface area (Å²) in [6.45, 7) is 0. The number of fused-ring (bicyclic) bond motifs is 31. The maximum atomic E-state index is 2.51. The normalized spacial score (nSPS) is 13.5. The van der Waals surface area contributed by atoms with Crippen LogP contribution in [0.1, 0.15) is 44.5 Å². The lowest BCUT2D eigenvalue weighted by Crippen LogP contribution is -2.26. The molecule has 0 aliphatic heterocycles. The summed E-state index contributed by atoms with van der Waals surface area (Å²) in [7, 11) is 0. The lowest BCUT2D eigenvalue weighted by Gasteiger charge is -2.30. The first-order chi connectivity index (χ1) is 57.1. The molecule has 3 nitrogen and oxygen atoms in total. The minimum absolute atomic E-state index is 0.454. The Morgan fingerprint density at radius 3 is 0.713 bits per heavy atom. The molecular formula is C112H67N3. The maximum absolute atomic E-state index is 2.51. The second-order valence-corrected chi connectivity index (χ2v) is 32.0. The largest absolute Gasteiger partial charge is 0.309 e. The zero-order valence-electron chi connectivity index (χ0n) is 62.5. The molecule has 3 heterocycles. The van der Waals surface area contributed by atoms with E-state index in [1.807, 2.05) is 0 Å². The molecule has 0 saturated heterocycles. The first-order valence-electron chi connectivity index (χ1n) is 40.2. The molecule has 0 amide bonds. The molecular weight excluding hydrogens is 1390 g/mol. The molecule has 4 aliphatic carbocycles. The summed E-state index contributed by atoms with van der Waals surface area (Å²) >= 11 is 0. The smallest absolute Gasteiger partial charge is 0.0726 e. The molecule has 3 heteroatoms. The van der Waals surface area contributed by atoms with Crippen LogP contribution in [0.2, 0.25) is 0 Å². The Morgan fingerprint density at radius 2 is 0.374 bits per heavy atom. The van der Waals surface area contributed by atoms with Gasteiger partial charge < -0.3 is 13.7 Å². The fourth-order valence-electron chi connectivity index (χ4n) is 22.1. The van der Waals surface area contributed by atoms with Crippen LogP contribution in [0.15, 0.2) is 406 Å². The highest BCUT2D eigenvalue weighted by atomic mass is 15.0. The van der Waals surface area contributed by atoms with Crippen molar-refractivity contribution in [2.45, 2.75) is 10.8 Å². The summed E-state index contributed by atoms with van der Waals surface area (Å²) in [5, 5.41) is 12.2. The molecule has 0 bridgehead atoms. The van der Waals surface area contributed by atoms with Crippen LogP contribution in [0.25, 0.3) is 193 Å². The average Bonchev–Trinajstić information content (AvgIpc) is 1.53. The van der Waals surface area contributed by atoms with E-state index >= 15 is 0 Å². The van der Waals surface area contributed by atoms with Crippen molar-refractivity contribution >= 4 is 87.0 Å². The van der Waals surface area contributed by atoms with Crippen LogP contribution in [0.5, 0.6) is 0 Å². The van der Waals surface area contributed by atoms with Crippen LogP contribution >= 0.6 is 0 Å². The standard InChI is InChI=1S/C112H67N3/c1-2-24-68(25-3-1)109-87-34-4-6-36-89(87)110(90-37-7-5-35-88(90)109)69-46-52-74(53-47-69)113-107-60-50-72(70-48-58-105-91(62-70)85-32-14-22-44-103(85)114(105)75-54-56-83-81-30-12-20-42-99(81)111(101(83)66-75)95-38-16-8-26-77(95)78-27-9-17-39-96(78)111)64-93(107)94-65-73(51-61-108(94)113)71-49-59-106-92(63-71)86-33-15-23-45-104(86)115(106)76-55-57-84-82-31-13-21-43-100(82)112(102(84)67-76)97-40-18-10-28-79(97)80-29-11-19-41-98(80)112/h1-67H. The highest BCUT2D eigenvalue weighted by Gasteiger charge is 2.53. The zero-order valence-corrected chi connectivity index (χ0v) is 62.5. The van der Waals surface area contributed by atoms with Gasteiger partial charge in [0.05, 0.1) is 43.9 Å². The quantitative estimate of drug-likeness (QED) is 0.141. The summed E-state index contributed by atoms with van der Waals surface area (Å²) in [6.07, 6.45) is 0. The molecule has 530 valence electrons. The van der Waals surface area contributed by atoms with E-state index in [2.05, 4.69) is 420 Å². The Hall–Kier alpha value is -14.9. The molecule has 22 aromatic rings. The van der Waals surface area contributed by atoms with Gasteiger partial charge in [-0.25, -0.2) is 0 Å². The topological polar surface area (TPSA) is 14.8 Å². The van der Waals surface area contributed by atoms with E-state index in [0.29, 0.717) is 0 Å². The third kappa shape index (κ3) is 8.32. The number of benzene rings is 19. The Bertz CT molecular complexity index is 7480. The van der Waals surface area contributed by atoms with E-state index in [9.17, 15) is 0 Å². The van der Waals surface area contributed by atoms with Gasteiger partial charge in [-0.2, -0.15) is 0 Å². The van der Waals surface area contributed by atoms with E-state index in [1.165, 1.54) is 198 Å². The van der Waals surface area contributed by atoms with Gasteiger partial charge in [-0.05, 0) is 252 Å². The monoisotopic (exact) mass is 1450 g/mol. The molecule has 19 aromatic carbocycles. The average molecular weight is 1450 g/mol. The molecule has 2 spiro atoms. The van der Waals surface area contributed by atoms with Crippen LogP contribution in [0.4, 0.5) is 0 Å². The summed E-state index contributed by atoms with van der Waals surface area (Å²) in [5.74, 6) is 0. The summed E-state index contributed by atoms with van der Waals surface area (Å²) < 4.78 is 7.52. The number of rotatable bonds is 7. The second kappa shape index (κ2) is 23.3. The Balaban J connectivity index is 0.637. The van der Waals surface area contributed by atoms with Crippen molar-refractivity contribution < 1.29 is 0 Å². The number of hydrogen-bond donors (Lipinski definition) is 0. The van der Waals surface area contributed by atoms with Gasteiger partial charge in [0.25, 0.3) is 0 Å². The number of nitrogens with zero attached hydrogens (tertiary/aromatic N) is 3. The highest BCUT2D eigenvalue weighted by molar-refractivity contribution is 6.22. The van der Waals surface area contributed by atoms with Crippen LogP contribution in [0, 0.1) is 0 Å². The van der Waals surface area contributed by atoms with E-state index in [0.717, 1.165) is 39.2 Å². The molecule has 3 aromatic heterocycles. The fraction of sp³-hybridized carbons (Fsp3) is 0.0179. The van der Waals surface area contributed by atoms with Gasteiger partial charge in [-0.15, -0.1) is 0 Å². The molecule has 115 heavy (non-hydrogen) atoms. The highest BCUT2D eigenvalue weighted by Crippen LogP contribution is 2.65. The minimum atomic E-state index is -0.454. The minimum Gasteiger partial charge on any atom is -0.309 e. The van der Waals surface area contributed by atoms with Crippen LogP contribution in [0.3, 0.4) is 0 Å². The van der Waals surface area contributed by atoms with E-state index in [-0.39, 0.29) is 0 Å². The van der Waals surface area contributed by atoms with E-state index in [4.69, 9.17) is 0 Å². The molecule has 0 fully saturated rings. The van der Waals surface area contributed by atoms with Crippen LogP contribution in [-0.2, 0) is 10.8 Å². The summed E-state index contributed by atoms with van der Waals surface area (Å²) in [5.41, 5.74) is 40.3. The predicted octanol–water partition coefficient (Wildman–Crippen LogP) is 28.6. The van der Waals surface area contributed by atoms with E-state index in [1.54, 1.807) is 0 Å². The second-order valence-electron chi connectivity index (χ2n) is 32.0. The van der Waals surface area contributed by atoms with Crippen LogP contribution in [-0.4, -0.2) is 13.7 Å². The molecule has 0 unspecified atom stereocenters. The van der Waals surface area contributed by atoms with Gasteiger partial charge >= 0.3 is 0 Å². The Labute approximate surface area is 664 Å². The lowest BCUT2D eigenvalue weighted by atomic mass is 9.70. The molecule has 0 saturated carbocycles. The lowest BCUT2D eigenvalue weighted by molar-refractivity contribution is 0.792. The van der Waals surface area contributed by atoms with Gasteiger partial charge in [0.1, 0.15) is 0 Å². The van der Waals surface area contributed by atoms with Crippen LogP contribution < -0.4 is 0 Å². The van der Waals surface area contributed by atoms with Crippen molar-refractivity contribution in [1.29, 1.82) is 0 Å². The van der Waals surface area contributed by atoms with Gasteiger partial charge in [-0.3, -0.25) is 0 Å². The third-order valence-electron chi connectivity index (χ3n) is 26.7. The van der Waals surface area contributed by atoms with Gasteiger partial charge in [0.2, 0.25) is 0 Å². The van der Waals surface area contributed by atoms with Crippen molar-refractivity contribution in [3.8, 4) is 106 Å². The third-order valence-corrected chi connectivity index (χ3v) is 26.7. The van der Waals surface area contributed by atoms with Gasteiger partial charge in [-0.1, -0.05) is 309 Å². The predicted molar refractivity (Wildman–Crippen MR) is 479 cm³/mol. The number of hydrogen-bond acceptors (Lipinski definition) is 0. The molecule has 4 aliphatic rings. The molecule has 0 atom stereocenters. The van der Waals surface area contributed by atoms with Gasteiger partial charge in [0, 0.05) is 49.4 Å². The van der Waals surface area contributed by atoms with Crippen molar-refractivity contribution in [3.63, 3.8) is 0 Å². The first kappa shape index (κ1) is 62.8. The Morgan fingerprint density at radius 1 is 0.139 bits per heavy atom. The number of para-hydroxylation sites is 2. The molecule has 0 radical (unpaired) electrons. The van der Waals surface area contributed by atoms with Crippen molar-refractivity contribution in [2.24, 2.45) is 0 Å². The van der Waals surface area contributed by atoms with Crippen molar-refractivity contribution in [3.05, 3.63) is 451 Å².